The summed E-state index contributed by atoms with van der Waals surface area (Å²) >= 11 is 0. The third-order valence-electron chi connectivity index (χ3n) is 1.82. The molecule has 1 amide bonds. The van der Waals surface area contributed by atoms with Crippen LogP contribution < -0.4 is 0 Å². The fourth-order valence-corrected chi connectivity index (χ4v) is 1.19. The van der Waals surface area contributed by atoms with Crippen molar-refractivity contribution >= 4 is 5.91 Å². The van der Waals surface area contributed by atoms with Crippen LogP contribution in [0.4, 0.5) is 0 Å². The maximum Gasteiger partial charge on any atom is 0.315 e. The van der Waals surface area contributed by atoms with Crippen LogP contribution in [0, 0.1) is 6.92 Å². The van der Waals surface area contributed by atoms with Crippen molar-refractivity contribution in [2.75, 3.05) is 13.2 Å². The monoisotopic (exact) mass is 182 g/mol. The van der Waals surface area contributed by atoms with Gasteiger partial charge in [0.05, 0.1) is 18.8 Å². The highest BCUT2D eigenvalue weighted by molar-refractivity contribution is 5.90. The minimum absolute atomic E-state index is 0.236. The maximum atomic E-state index is 11.5. The molecule has 0 aliphatic carbocycles. The van der Waals surface area contributed by atoms with E-state index >= 15 is 0 Å². The van der Waals surface area contributed by atoms with Crippen molar-refractivity contribution < 1.29 is 14.2 Å². The lowest BCUT2D eigenvalue weighted by molar-refractivity contribution is -0.0787. The topological polar surface area (TPSA) is 55.6 Å². The average molecular weight is 182 g/mol. The molecule has 5 nitrogen and oxygen atoms in total. The van der Waals surface area contributed by atoms with Crippen molar-refractivity contribution in [1.82, 2.24) is 10.2 Å². The minimum Gasteiger partial charge on any atom is -0.351 e. The summed E-state index contributed by atoms with van der Waals surface area (Å²) in [6.45, 7) is 2.99. The second-order valence-corrected chi connectivity index (χ2v) is 2.93. The number of aromatic nitrogens is 1. The van der Waals surface area contributed by atoms with Gasteiger partial charge in [0.25, 0.3) is 0 Å². The first kappa shape index (κ1) is 8.25. The zero-order valence-corrected chi connectivity index (χ0v) is 7.32. The Balaban J connectivity index is 2.12. The SMILES string of the molecule is Cc1cc(C(=O)N2CCCO2)on1. The van der Waals surface area contributed by atoms with Crippen molar-refractivity contribution in [3.8, 4) is 0 Å². The van der Waals surface area contributed by atoms with E-state index in [2.05, 4.69) is 5.16 Å². The summed E-state index contributed by atoms with van der Waals surface area (Å²) in [5.41, 5.74) is 0.697. The van der Waals surface area contributed by atoms with Crippen LogP contribution >= 0.6 is 0 Å². The van der Waals surface area contributed by atoms with Crippen molar-refractivity contribution in [2.45, 2.75) is 13.3 Å². The zero-order chi connectivity index (χ0) is 9.26. The normalized spacial score (nSPS) is 16.5. The van der Waals surface area contributed by atoms with Crippen molar-refractivity contribution in [3.63, 3.8) is 0 Å². The Morgan fingerprint density at radius 2 is 2.54 bits per heavy atom. The number of aryl methyl sites for hydroxylation is 1. The molecule has 1 aromatic heterocycles. The molecule has 0 aromatic carbocycles. The van der Waals surface area contributed by atoms with E-state index in [0.29, 0.717) is 18.8 Å². The number of carbonyl (C=O) groups is 1. The van der Waals surface area contributed by atoms with E-state index in [0.717, 1.165) is 6.42 Å². The second kappa shape index (κ2) is 3.18. The molecule has 1 saturated heterocycles. The van der Waals surface area contributed by atoms with Gasteiger partial charge < -0.3 is 4.52 Å². The molecule has 0 N–H and O–H groups in total. The summed E-state index contributed by atoms with van der Waals surface area (Å²) in [6.07, 6.45) is 0.874. The summed E-state index contributed by atoms with van der Waals surface area (Å²) in [5.74, 6) is -0.0162. The molecule has 0 atom stereocenters. The Morgan fingerprint density at radius 3 is 3.08 bits per heavy atom. The van der Waals surface area contributed by atoms with Crippen LogP contribution in [-0.4, -0.2) is 29.3 Å². The van der Waals surface area contributed by atoms with Crippen LogP contribution in [0.25, 0.3) is 0 Å². The van der Waals surface area contributed by atoms with Gasteiger partial charge in [0.15, 0.2) is 0 Å². The van der Waals surface area contributed by atoms with Gasteiger partial charge in [-0.2, -0.15) is 0 Å². The Labute approximate surface area is 75.2 Å². The van der Waals surface area contributed by atoms with Gasteiger partial charge >= 0.3 is 5.91 Å². The fourth-order valence-electron chi connectivity index (χ4n) is 1.19. The quantitative estimate of drug-likeness (QED) is 0.643. The smallest absolute Gasteiger partial charge is 0.315 e. The van der Waals surface area contributed by atoms with Crippen LogP contribution in [0.2, 0.25) is 0 Å². The van der Waals surface area contributed by atoms with Crippen LogP contribution in [0.3, 0.4) is 0 Å². The highest BCUT2D eigenvalue weighted by atomic mass is 16.7. The van der Waals surface area contributed by atoms with Crippen LogP contribution in [0.1, 0.15) is 22.7 Å². The largest absolute Gasteiger partial charge is 0.351 e. The highest BCUT2D eigenvalue weighted by Crippen LogP contribution is 2.11. The lowest BCUT2D eigenvalue weighted by Crippen LogP contribution is -2.25. The number of hydroxylamine groups is 2. The summed E-state index contributed by atoms with van der Waals surface area (Å²) in [7, 11) is 0. The molecule has 0 unspecified atom stereocenters. The van der Waals surface area contributed by atoms with E-state index in [1.165, 1.54) is 5.06 Å². The summed E-state index contributed by atoms with van der Waals surface area (Å²) < 4.78 is 4.82. The van der Waals surface area contributed by atoms with Gasteiger partial charge in [0.2, 0.25) is 5.76 Å². The van der Waals surface area contributed by atoms with Crippen LogP contribution in [0.15, 0.2) is 10.6 Å². The number of hydrogen-bond acceptors (Lipinski definition) is 4. The van der Waals surface area contributed by atoms with Crippen LogP contribution in [0.5, 0.6) is 0 Å². The van der Waals surface area contributed by atoms with Crippen molar-refractivity contribution in [2.24, 2.45) is 0 Å². The summed E-state index contributed by atoms with van der Waals surface area (Å²) in [6, 6.07) is 1.60. The molecule has 2 rings (SSSR count). The molecular weight excluding hydrogens is 172 g/mol. The Kier molecular flexibility index (Phi) is 2.02. The van der Waals surface area contributed by atoms with E-state index in [4.69, 9.17) is 9.36 Å². The maximum absolute atomic E-state index is 11.5. The van der Waals surface area contributed by atoms with Gasteiger partial charge in [-0.1, -0.05) is 5.16 Å². The lowest BCUT2D eigenvalue weighted by atomic mass is 10.3. The van der Waals surface area contributed by atoms with E-state index in [-0.39, 0.29) is 11.7 Å². The molecule has 0 radical (unpaired) electrons. The number of hydrogen-bond donors (Lipinski definition) is 0. The number of nitrogens with zero attached hydrogens (tertiary/aromatic N) is 2. The first-order chi connectivity index (χ1) is 6.27. The Morgan fingerprint density at radius 1 is 1.69 bits per heavy atom. The number of amides is 1. The predicted octanol–water partition coefficient (Wildman–Crippen LogP) is 0.761. The third kappa shape index (κ3) is 1.55. The van der Waals surface area contributed by atoms with Crippen molar-refractivity contribution in [3.05, 3.63) is 17.5 Å². The second-order valence-electron chi connectivity index (χ2n) is 2.93. The first-order valence-corrected chi connectivity index (χ1v) is 4.15. The highest BCUT2D eigenvalue weighted by Gasteiger charge is 2.23. The third-order valence-corrected chi connectivity index (χ3v) is 1.82. The molecule has 2 heterocycles. The lowest BCUT2D eigenvalue weighted by Gasteiger charge is -2.10. The number of carbonyl (C=O) groups excluding carboxylic acids is 1. The minimum atomic E-state index is -0.252. The van der Waals surface area contributed by atoms with Gasteiger partial charge in [0.1, 0.15) is 0 Å². The average Bonchev–Trinajstić information content (AvgIpc) is 2.72. The van der Waals surface area contributed by atoms with E-state index in [1.807, 2.05) is 0 Å². The predicted molar refractivity (Wildman–Crippen MR) is 42.8 cm³/mol. The molecule has 0 spiro atoms. The summed E-state index contributed by atoms with van der Waals surface area (Å²) in [5, 5.41) is 4.94. The molecule has 70 valence electrons. The first-order valence-electron chi connectivity index (χ1n) is 4.15. The molecule has 0 saturated carbocycles. The molecule has 1 fully saturated rings. The standard InChI is InChI=1S/C8H10N2O3/c1-6-5-7(13-9-6)8(11)10-3-2-4-12-10/h5H,2-4H2,1H3. The molecule has 5 heteroatoms. The fraction of sp³-hybridized carbons (Fsp3) is 0.500. The molecule has 1 aromatic rings. The van der Waals surface area contributed by atoms with Gasteiger partial charge in [-0.25, -0.2) is 5.06 Å². The molecular formula is C8H10N2O3. The molecule has 13 heavy (non-hydrogen) atoms. The van der Waals surface area contributed by atoms with Gasteiger partial charge in [-0.05, 0) is 13.3 Å². The van der Waals surface area contributed by atoms with Gasteiger partial charge in [0, 0.05) is 6.07 Å². The molecule has 0 bridgehead atoms. The van der Waals surface area contributed by atoms with Gasteiger partial charge in [-0.15, -0.1) is 0 Å². The van der Waals surface area contributed by atoms with Crippen molar-refractivity contribution in [1.29, 1.82) is 0 Å². The van der Waals surface area contributed by atoms with E-state index in [9.17, 15) is 4.79 Å². The molecule has 1 aliphatic rings. The van der Waals surface area contributed by atoms with E-state index in [1.54, 1.807) is 13.0 Å². The van der Waals surface area contributed by atoms with E-state index < -0.39 is 0 Å². The Bertz CT molecular complexity index is 315. The number of rotatable bonds is 1. The van der Waals surface area contributed by atoms with Crippen LogP contribution in [-0.2, 0) is 4.84 Å². The van der Waals surface area contributed by atoms with Gasteiger partial charge in [-0.3, -0.25) is 9.63 Å². The zero-order valence-electron chi connectivity index (χ0n) is 7.32. The summed E-state index contributed by atoms with van der Waals surface area (Å²) in [4.78, 5) is 16.6. The Hall–Kier alpha value is -1.36. The molecule has 1 aliphatic heterocycles.